The molecule has 0 spiro atoms. The summed E-state index contributed by atoms with van der Waals surface area (Å²) in [6.07, 6.45) is -7.18. The van der Waals surface area contributed by atoms with Crippen LogP contribution in [-0.2, 0) is 14.8 Å². The normalized spacial score (nSPS) is 35.0. The molecule has 0 saturated carbocycles. The summed E-state index contributed by atoms with van der Waals surface area (Å²) in [5.41, 5.74) is 0. The van der Waals surface area contributed by atoms with Crippen molar-refractivity contribution in [2.45, 2.75) is 55.1 Å². The van der Waals surface area contributed by atoms with E-state index in [9.17, 15) is 27.4 Å². The number of nitrogens with one attached hydrogen (secondary N) is 1. The Morgan fingerprint density at radius 1 is 1.31 bits per heavy atom. The minimum atomic E-state index is -4.16. The zero-order valence-electron chi connectivity index (χ0n) is 14.3. The predicted molar refractivity (Wildman–Crippen MR) is 88.1 cm³/mol. The molecular formula is C16H23F2NO6S. The molecule has 7 atom stereocenters. The summed E-state index contributed by atoms with van der Waals surface area (Å²) in [6, 6.07) is 5.62. The van der Waals surface area contributed by atoms with E-state index in [2.05, 4.69) is 4.72 Å². The summed E-state index contributed by atoms with van der Waals surface area (Å²) in [6.45, 7) is 1.31. The topological polar surface area (TPSA) is 116 Å². The highest BCUT2D eigenvalue weighted by Crippen LogP contribution is 2.38. The van der Waals surface area contributed by atoms with E-state index in [0.29, 0.717) is 0 Å². The number of aliphatic hydroxyl groups excluding tert-OH is 3. The number of hydrogen-bond acceptors (Lipinski definition) is 6. The third-order valence-corrected chi connectivity index (χ3v) is 6.00. The van der Waals surface area contributed by atoms with Gasteiger partial charge in [-0.2, -0.15) is 0 Å². The lowest BCUT2D eigenvalue weighted by Crippen LogP contribution is -2.65. The summed E-state index contributed by atoms with van der Waals surface area (Å²) in [5.74, 6) is -3.94. The van der Waals surface area contributed by atoms with Crippen LogP contribution in [0.5, 0.6) is 0 Å². The second kappa shape index (κ2) is 7.83. The highest BCUT2D eigenvalue weighted by molar-refractivity contribution is 7.89. The molecule has 1 aromatic carbocycles. The first-order valence-electron chi connectivity index (χ1n) is 8.06. The number of halogens is 2. The van der Waals surface area contributed by atoms with Gasteiger partial charge in [0.25, 0.3) is 0 Å². The maximum atomic E-state index is 14.6. The highest BCUT2D eigenvalue weighted by Gasteiger charge is 2.55. The molecule has 148 valence electrons. The van der Waals surface area contributed by atoms with Crippen LogP contribution in [0.25, 0.3) is 0 Å². The first-order valence-corrected chi connectivity index (χ1v) is 9.54. The van der Waals surface area contributed by atoms with Crippen LogP contribution < -0.4 is 4.72 Å². The average molecular weight is 395 g/mol. The Balaban J connectivity index is 2.33. The molecule has 1 aromatic rings. The molecule has 2 rings (SSSR count). The van der Waals surface area contributed by atoms with Gasteiger partial charge < -0.3 is 20.1 Å². The minimum absolute atomic E-state index is 0.126. The summed E-state index contributed by atoms with van der Waals surface area (Å²) >= 11 is 0. The second-order valence-electron chi connectivity index (χ2n) is 6.53. The molecule has 26 heavy (non-hydrogen) atoms. The molecule has 7 nitrogen and oxygen atoms in total. The molecule has 1 fully saturated rings. The first kappa shape index (κ1) is 21.1. The summed E-state index contributed by atoms with van der Waals surface area (Å²) in [7, 11) is -4.16. The summed E-state index contributed by atoms with van der Waals surface area (Å²) in [4.78, 5) is -0.126. The van der Waals surface area contributed by atoms with E-state index < -0.39 is 58.9 Å². The van der Waals surface area contributed by atoms with Crippen molar-refractivity contribution < 1.29 is 37.3 Å². The van der Waals surface area contributed by atoms with Crippen LogP contribution in [0.4, 0.5) is 8.78 Å². The Labute approximate surface area is 150 Å². The van der Waals surface area contributed by atoms with Gasteiger partial charge in [0.15, 0.2) is 6.17 Å². The van der Waals surface area contributed by atoms with Crippen LogP contribution in [0.2, 0.25) is 0 Å². The van der Waals surface area contributed by atoms with Gasteiger partial charge in [-0.3, -0.25) is 0 Å². The van der Waals surface area contributed by atoms with Gasteiger partial charge in [-0.1, -0.05) is 25.1 Å². The standard InChI is InChI=1S/C16H23F2NO6S/c1-9-12(19-26(23,24)10-6-4-3-5-7-10)15(17)16(2,18)25-14(9)13(22)11(21)8-20/h3-7,9,11-15,19-22H,8H2,1-2H3/t9-,11-,12-,13-,14-,15?,16?/m1/s1. The molecule has 1 saturated heterocycles. The van der Waals surface area contributed by atoms with E-state index in [1.165, 1.54) is 31.2 Å². The molecule has 0 bridgehead atoms. The number of ether oxygens (including phenoxy) is 1. The number of aliphatic hydroxyl groups is 3. The molecule has 0 aromatic heterocycles. The fourth-order valence-corrected chi connectivity index (χ4v) is 4.30. The lowest BCUT2D eigenvalue weighted by Gasteiger charge is -2.46. The molecule has 0 radical (unpaired) electrons. The molecule has 0 amide bonds. The molecule has 1 heterocycles. The zero-order valence-corrected chi connectivity index (χ0v) is 15.1. The van der Waals surface area contributed by atoms with Crippen LogP contribution in [0.3, 0.4) is 0 Å². The van der Waals surface area contributed by atoms with E-state index in [1.807, 2.05) is 0 Å². The van der Waals surface area contributed by atoms with E-state index >= 15 is 0 Å². The maximum absolute atomic E-state index is 14.6. The average Bonchev–Trinajstić information content (AvgIpc) is 2.61. The summed E-state index contributed by atoms with van der Waals surface area (Å²) in [5, 5.41) is 28.6. The van der Waals surface area contributed by atoms with Crippen LogP contribution in [0.1, 0.15) is 13.8 Å². The largest absolute Gasteiger partial charge is 0.394 e. The van der Waals surface area contributed by atoms with Crippen molar-refractivity contribution in [3.8, 4) is 0 Å². The van der Waals surface area contributed by atoms with Gasteiger partial charge in [0.1, 0.15) is 12.2 Å². The van der Waals surface area contributed by atoms with Crippen LogP contribution in [0, 0.1) is 5.92 Å². The fraction of sp³-hybridized carbons (Fsp3) is 0.625. The van der Waals surface area contributed by atoms with E-state index in [0.717, 1.165) is 6.92 Å². The van der Waals surface area contributed by atoms with Crippen molar-refractivity contribution in [1.82, 2.24) is 4.72 Å². The second-order valence-corrected chi connectivity index (χ2v) is 8.24. The molecule has 1 aliphatic heterocycles. The monoisotopic (exact) mass is 395 g/mol. The third kappa shape index (κ3) is 4.21. The van der Waals surface area contributed by atoms with Gasteiger partial charge in [-0.25, -0.2) is 21.9 Å². The van der Waals surface area contributed by atoms with E-state index in [4.69, 9.17) is 9.84 Å². The lowest BCUT2D eigenvalue weighted by atomic mass is 9.83. The minimum Gasteiger partial charge on any atom is -0.394 e. The van der Waals surface area contributed by atoms with Crippen LogP contribution in [0.15, 0.2) is 35.2 Å². The Morgan fingerprint density at radius 2 is 1.88 bits per heavy atom. The molecule has 0 aliphatic carbocycles. The van der Waals surface area contributed by atoms with E-state index in [-0.39, 0.29) is 4.90 Å². The van der Waals surface area contributed by atoms with E-state index in [1.54, 1.807) is 6.07 Å². The van der Waals surface area contributed by atoms with Gasteiger partial charge in [0.05, 0.1) is 23.6 Å². The smallest absolute Gasteiger partial charge is 0.240 e. The van der Waals surface area contributed by atoms with Gasteiger partial charge in [0, 0.05) is 5.92 Å². The molecular weight excluding hydrogens is 372 g/mol. The van der Waals surface area contributed by atoms with Gasteiger partial charge >= 0.3 is 0 Å². The first-order chi connectivity index (χ1) is 12.0. The van der Waals surface area contributed by atoms with Crippen LogP contribution >= 0.6 is 0 Å². The van der Waals surface area contributed by atoms with Crippen molar-refractivity contribution in [1.29, 1.82) is 0 Å². The molecule has 2 unspecified atom stereocenters. The number of alkyl halides is 2. The fourth-order valence-electron chi connectivity index (χ4n) is 2.95. The molecule has 4 N–H and O–H groups in total. The van der Waals surface area contributed by atoms with Gasteiger partial charge in [-0.05, 0) is 19.1 Å². The number of hydrogen-bond donors (Lipinski definition) is 4. The van der Waals surface area contributed by atoms with Crippen molar-refractivity contribution in [2.24, 2.45) is 5.92 Å². The Kier molecular flexibility index (Phi) is 6.36. The maximum Gasteiger partial charge on any atom is 0.240 e. The van der Waals surface area contributed by atoms with Crippen LogP contribution in [-0.4, -0.2) is 66.7 Å². The van der Waals surface area contributed by atoms with Crippen molar-refractivity contribution in [3.05, 3.63) is 30.3 Å². The number of benzene rings is 1. The lowest BCUT2D eigenvalue weighted by molar-refractivity contribution is -0.279. The third-order valence-electron chi connectivity index (χ3n) is 4.52. The summed E-state index contributed by atoms with van der Waals surface area (Å²) < 4.78 is 61.2. The highest BCUT2D eigenvalue weighted by atomic mass is 32.2. The zero-order chi connectivity index (χ0) is 19.7. The Bertz CT molecular complexity index is 702. The van der Waals surface area contributed by atoms with Crippen molar-refractivity contribution in [3.63, 3.8) is 0 Å². The predicted octanol–water partition coefficient (Wildman–Crippen LogP) is 0.106. The van der Waals surface area contributed by atoms with Gasteiger partial charge in [0.2, 0.25) is 15.9 Å². The number of rotatable bonds is 6. The Hall–Kier alpha value is -1.17. The number of sulfonamides is 1. The quantitative estimate of drug-likeness (QED) is 0.543. The molecule has 10 heteroatoms. The van der Waals surface area contributed by atoms with Crippen molar-refractivity contribution in [2.75, 3.05) is 6.61 Å². The molecule has 1 aliphatic rings. The SMILES string of the molecule is C[C@H]1[C@H]([C@H](O)[C@H](O)CO)OC(C)(F)C(F)[C@@H]1NS(=O)(=O)c1ccccc1. The Morgan fingerprint density at radius 3 is 2.42 bits per heavy atom. The van der Waals surface area contributed by atoms with Crippen molar-refractivity contribution >= 4 is 10.0 Å². The van der Waals surface area contributed by atoms with Gasteiger partial charge in [-0.15, -0.1) is 0 Å².